The Hall–Kier alpha value is -2.04. The van der Waals surface area contributed by atoms with Crippen LogP contribution in [0.15, 0.2) is 24.3 Å². The first-order valence-electron chi connectivity index (χ1n) is 8.90. The second-order valence-electron chi connectivity index (χ2n) is 7.01. The minimum atomic E-state index is 0.0447. The highest BCUT2D eigenvalue weighted by Gasteiger charge is 2.28. The number of likely N-dealkylation sites (tertiary alicyclic amines) is 1. The van der Waals surface area contributed by atoms with E-state index in [4.69, 9.17) is 0 Å². The van der Waals surface area contributed by atoms with E-state index in [9.17, 15) is 9.59 Å². The van der Waals surface area contributed by atoms with Crippen molar-refractivity contribution in [1.82, 2.24) is 15.1 Å². The van der Waals surface area contributed by atoms with E-state index in [0.29, 0.717) is 0 Å². The molecule has 1 aliphatic carbocycles. The van der Waals surface area contributed by atoms with Crippen LogP contribution in [0.2, 0.25) is 0 Å². The standard InChI is InChI=1S/C19H27N3O2/c1-14(23)21(2)18-9-11-22(12-10-18)19(24)20-17-8-7-15-5-3-4-6-16(15)13-17/h3-6,17-18H,7-13H2,1-2H3,(H,20,24)/t17-/m1/s1. The molecule has 0 radical (unpaired) electrons. The number of piperidine rings is 1. The molecule has 1 atom stereocenters. The van der Waals surface area contributed by atoms with Crippen molar-refractivity contribution >= 4 is 11.9 Å². The summed E-state index contributed by atoms with van der Waals surface area (Å²) in [6.45, 7) is 3.04. The molecule has 0 saturated carbocycles. The second kappa shape index (κ2) is 7.24. The molecule has 1 N–H and O–H groups in total. The summed E-state index contributed by atoms with van der Waals surface area (Å²) in [5.74, 6) is 0.0961. The summed E-state index contributed by atoms with van der Waals surface area (Å²) in [6.07, 6.45) is 4.68. The number of nitrogens with one attached hydrogen (secondary N) is 1. The maximum absolute atomic E-state index is 12.5. The van der Waals surface area contributed by atoms with E-state index < -0.39 is 0 Å². The summed E-state index contributed by atoms with van der Waals surface area (Å²) in [7, 11) is 1.85. The van der Waals surface area contributed by atoms with Gasteiger partial charge < -0.3 is 15.1 Å². The van der Waals surface area contributed by atoms with E-state index in [1.807, 2.05) is 11.9 Å². The summed E-state index contributed by atoms with van der Waals surface area (Å²) in [5.41, 5.74) is 2.77. The van der Waals surface area contributed by atoms with Crippen molar-refractivity contribution in [2.24, 2.45) is 0 Å². The Morgan fingerprint density at radius 1 is 1.12 bits per heavy atom. The molecular formula is C19H27N3O2. The highest BCUT2D eigenvalue weighted by atomic mass is 16.2. The van der Waals surface area contributed by atoms with Gasteiger partial charge in [-0.25, -0.2) is 4.79 Å². The van der Waals surface area contributed by atoms with Gasteiger partial charge in [0.05, 0.1) is 0 Å². The largest absolute Gasteiger partial charge is 0.343 e. The predicted octanol–water partition coefficient (Wildman–Crippen LogP) is 2.20. The van der Waals surface area contributed by atoms with Crippen LogP contribution in [0.25, 0.3) is 0 Å². The Balaban J connectivity index is 1.49. The van der Waals surface area contributed by atoms with Crippen molar-refractivity contribution in [2.75, 3.05) is 20.1 Å². The lowest BCUT2D eigenvalue weighted by Crippen LogP contribution is -2.52. The Bertz CT molecular complexity index is 608. The summed E-state index contributed by atoms with van der Waals surface area (Å²) in [5, 5.41) is 3.20. The zero-order valence-corrected chi connectivity index (χ0v) is 14.6. The molecule has 24 heavy (non-hydrogen) atoms. The highest BCUT2D eigenvalue weighted by molar-refractivity contribution is 5.75. The fourth-order valence-electron chi connectivity index (χ4n) is 3.80. The van der Waals surface area contributed by atoms with Crippen molar-refractivity contribution in [3.63, 3.8) is 0 Å². The van der Waals surface area contributed by atoms with Crippen LogP contribution in [-0.2, 0) is 17.6 Å². The van der Waals surface area contributed by atoms with Gasteiger partial charge in [-0.05, 0) is 43.2 Å². The first kappa shape index (κ1) is 16.8. The van der Waals surface area contributed by atoms with E-state index in [1.54, 1.807) is 11.8 Å². The molecule has 1 fully saturated rings. The maximum Gasteiger partial charge on any atom is 0.317 e. The van der Waals surface area contributed by atoms with Crippen LogP contribution in [-0.4, -0.2) is 54.0 Å². The van der Waals surface area contributed by atoms with Crippen molar-refractivity contribution in [3.05, 3.63) is 35.4 Å². The van der Waals surface area contributed by atoms with Gasteiger partial charge in [0.2, 0.25) is 5.91 Å². The number of carbonyl (C=O) groups is 2. The quantitative estimate of drug-likeness (QED) is 0.904. The van der Waals surface area contributed by atoms with Crippen molar-refractivity contribution in [2.45, 2.75) is 51.1 Å². The second-order valence-corrected chi connectivity index (χ2v) is 7.01. The van der Waals surface area contributed by atoms with Gasteiger partial charge in [-0.1, -0.05) is 24.3 Å². The zero-order chi connectivity index (χ0) is 17.1. The van der Waals surface area contributed by atoms with Crippen LogP contribution in [0.5, 0.6) is 0 Å². The lowest BCUT2D eigenvalue weighted by Gasteiger charge is -2.37. The number of aryl methyl sites for hydroxylation is 1. The third kappa shape index (κ3) is 3.71. The van der Waals surface area contributed by atoms with Crippen LogP contribution in [0.4, 0.5) is 4.79 Å². The van der Waals surface area contributed by atoms with E-state index >= 15 is 0 Å². The molecule has 0 unspecified atom stereocenters. The fraction of sp³-hybridized carbons (Fsp3) is 0.579. The first-order chi connectivity index (χ1) is 11.5. The summed E-state index contributed by atoms with van der Waals surface area (Å²) in [4.78, 5) is 27.7. The van der Waals surface area contributed by atoms with E-state index in [1.165, 1.54) is 11.1 Å². The molecule has 0 bridgehead atoms. The molecule has 5 nitrogen and oxygen atoms in total. The smallest absolute Gasteiger partial charge is 0.317 e. The summed E-state index contributed by atoms with van der Waals surface area (Å²) < 4.78 is 0. The third-order valence-corrected chi connectivity index (χ3v) is 5.47. The Labute approximate surface area is 144 Å². The number of amides is 3. The zero-order valence-electron chi connectivity index (χ0n) is 14.6. The van der Waals surface area contributed by atoms with E-state index in [2.05, 4.69) is 29.6 Å². The lowest BCUT2D eigenvalue weighted by atomic mass is 9.88. The van der Waals surface area contributed by atoms with Crippen LogP contribution in [0.1, 0.15) is 37.3 Å². The van der Waals surface area contributed by atoms with Gasteiger partial charge in [0.25, 0.3) is 0 Å². The van der Waals surface area contributed by atoms with Crippen molar-refractivity contribution in [3.8, 4) is 0 Å². The van der Waals surface area contributed by atoms with Gasteiger partial charge in [-0.3, -0.25) is 4.79 Å². The molecule has 1 aromatic rings. The monoisotopic (exact) mass is 329 g/mol. The number of nitrogens with zero attached hydrogens (tertiary/aromatic N) is 2. The maximum atomic E-state index is 12.5. The minimum absolute atomic E-state index is 0.0447. The highest BCUT2D eigenvalue weighted by Crippen LogP contribution is 2.22. The van der Waals surface area contributed by atoms with Gasteiger partial charge in [-0.15, -0.1) is 0 Å². The molecule has 1 aromatic carbocycles. The molecule has 1 heterocycles. The minimum Gasteiger partial charge on any atom is -0.343 e. The topological polar surface area (TPSA) is 52.7 Å². The van der Waals surface area contributed by atoms with Crippen LogP contribution in [0, 0.1) is 0 Å². The number of fused-ring (bicyclic) bond motifs is 1. The molecular weight excluding hydrogens is 302 g/mol. The number of hydrogen-bond donors (Lipinski definition) is 1. The van der Waals surface area contributed by atoms with Gasteiger partial charge in [0.15, 0.2) is 0 Å². The number of hydrogen-bond acceptors (Lipinski definition) is 2. The molecule has 1 saturated heterocycles. The number of carbonyl (C=O) groups excluding carboxylic acids is 2. The van der Waals surface area contributed by atoms with Gasteiger partial charge in [0, 0.05) is 39.1 Å². The molecule has 5 heteroatoms. The molecule has 0 spiro atoms. The normalized spacial score (nSPS) is 21.1. The molecule has 3 rings (SSSR count). The van der Waals surface area contributed by atoms with Gasteiger partial charge in [0.1, 0.15) is 0 Å². The fourth-order valence-corrected chi connectivity index (χ4v) is 3.80. The molecule has 0 aromatic heterocycles. The number of benzene rings is 1. The van der Waals surface area contributed by atoms with Crippen molar-refractivity contribution < 1.29 is 9.59 Å². The Morgan fingerprint density at radius 2 is 1.79 bits per heavy atom. The van der Waals surface area contributed by atoms with Crippen LogP contribution < -0.4 is 5.32 Å². The van der Waals surface area contributed by atoms with Gasteiger partial charge >= 0.3 is 6.03 Å². The number of rotatable bonds is 2. The first-order valence-corrected chi connectivity index (χ1v) is 8.90. The summed E-state index contributed by atoms with van der Waals surface area (Å²) in [6, 6.07) is 9.03. The molecule has 130 valence electrons. The van der Waals surface area contributed by atoms with Crippen LogP contribution in [0.3, 0.4) is 0 Å². The van der Waals surface area contributed by atoms with E-state index in [-0.39, 0.29) is 24.0 Å². The Morgan fingerprint density at radius 3 is 2.46 bits per heavy atom. The van der Waals surface area contributed by atoms with Crippen LogP contribution >= 0.6 is 0 Å². The number of urea groups is 1. The van der Waals surface area contributed by atoms with Crippen molar-refractivity contribution in [1.29, 1.82) is 0 Å². The lowest BCUT2D eigenvalue weighted by molar-refractivity contribution is -0.130. The Kier molecular flexibility index (Phi) is 5.07. The predicted molar refractivity (Wildman–Crippen MR) is 93.8 cm³/mol. The average molecular weight is 329 g/mol. The van der Waals surface area contributed by atoms with E-state index in [0.717, 1.165) is 45.2 Å². The third-order valence-electron chi connectivity index (χ3n) is 5.47. The van der Waals surface area contributed by atoms with Gasteiger partial charge in [-0.2, -0.15) is 0 Å². The molecule has 2 aliphatic rings. The molecule has 3 amide bonds. The average Bonchev–Trinajstić information content (AvgIpc) is 2.61. The summed E-state index contributed by atoms with van der Waals surface area (Å²) >= 11 is 0. The SMILES string of the molecule is CC(=O)N(C)C1CCN(C(=O)N[C@@H]2CCc3ccccc3C2)CC1. The molecule has 1 aliphatic heterocycles.